The van der Waals surface area contributed by atoms with Crippen LogP contribution in [0.3, 0.4) is 0 Å². The first kappa shape index (κ1) is 18.8. The van der Waals surface area contributed by atoms with Crippen molar-refractivity contribution in [3.63, 3.8) is 0 Å². The SMILES string of the molecule is COC(=O)c1cc2c(cc1C)OC(C)(c1cccc(C(F)(F)F)c1)C(=O)N2. The third kappa shape index (κ3) is 3.22. The number of methoxy groups -OCH3 is 1. The number of ether oxygens (including phenoxy) is 2. The number of carbonyl (C=O) groups is 2. The lowest BCUT2D eigenvalue weighted by molar-refractivity contribution is -0.138. The highest BCUT2D eigenvalue weighted by Gasteiger charge is 2.43. The standard InChI is InChI=1S/C19H16F3NO4/c1-10-7-15-14(9-13(10)16(24)26-3)23-17(25)18(2,27-15)11-5-4-6-12(8-11)19(20,21)22/h4-9H,1-3H3,(H,23,25). The molecule has 0 saturated carbocycles. The minimum absolute atomic E-state index is 0.0650. The number of halogens is 3. The van der Waals surface area contributed by atoms with E-state index in [2.05, 4.69) is 5.32 Å². The molecule has 0 bridgehead atoms. The first-order valence-electron chi connectivity index (χ1n) is 7.97. The molecule has 1 N–H and O–H groups in total. The molecular weight excluding hydrogens is 363 g/mol. The van der Waals surface area contributed by atoms with Gasteiger partial charge in [0.2, 0.25) is 5.60 Å². The van der Waals surface area contributed by atoms with Gasteiger partial charge in [0.1, 0.15) is 5.75 Å². The molecule has 5 nitrogen and oxygen atoms in total. The third-order valence-electron chi connectivity index (χ3n) is 4.47. The maximum Gasteiger partial charge on any atom is 0.416 e. The Labute approximate surface area is 153 Å². The number of hydrogen-bond acceptors (Lipinski definition) is 4. The second-order valence-electron chi connectivity index (χ2n) is 6.32. The lowest BCUT2D eigenvalue weighted by Crippen LogP contribution is -2.46. The second-order valence-corrected chi connectivity index (χ2v) is 6.32. The average molecular weight is 379 g/mol. The number of alkyl halides is 3. The molecule has 1 unspecified atom stereocenters. The molecule has 0 fully saturated rings. The van der Waals surface area contributed by atoms with Gasteiger partial charge in [-0.25, -0.2) is 4.79 Å². The molecule has 1 aliphatic heterocycles. The largest absolute Gasteiger partial charge is 0.471 e. The molecular formula is C19H16F3NO4. The quantitative estimate of drug-likeness (QED) is 0.800. The van der Waals surface area contributed by atoms with Crippen LogP contribution in [0.2, 0.25) is 0 Å². The van der Waals surface area contributed by atoms with Crippen LogP contribution in [0.1, 0.15) is 34.0 Å². The first-order chi connectivity index (χ1) is 12.6. The third-order valence-corrected chi connectivity index (χ3v) is 4.47. The minimum Gasteiger partial charge on any atom is -0.471 e. The van der Waals surface area contributed by atoms with Gasteiger partial charge in [-0.2, -0.15) is 13.2 Å². The zero-order valence-corrected chi connectivity index (χ0v) is 14.7. The van der Waals surface area contributed by atoms with Crippen molar-refractivity contribution in [3.8, 4) is 5.75 Å². The van der Waals surface area contributed by atoms with Gasteiger partial charge in [-0.3, -0.25) is 4.79 Å². The zero-order chi connectivity index (χ0) is 20.0. The van der Waals surface area contributed by atoms with Crippen LogP contribution in [-0.4, -0.2) is 19.0 Å². The van der Waals surface area contributed by atoms with Gasteiger partial charge in [0.05, 0.1) is 23.9 Å². The van der Waals surface area contributed by atoms with E-state index in [9.17, 15) is 22.8 Å². The van der Waals surface area contributed by atoms with E-state index in [-0.39, 0.29) is 22.6 Å². The summed E-state index contributed by atoms with van der Waals surface area (Å²) in [5, 5.41) is 2.60. The van der Waals surface area contributed by atoms with Crippen molar-refractivity contribution < 1.29 is 32.2 Å². The summed E-state index contributed by atoms with van der Waals surface area (Å²) in [6, 6.07) is 7.39. The predicted octanol–water partition coefficient (Wildman–Crippen LogP) is 4.05. The summed E-state index contributed by atoms with van der Waals surface area (Å²) in [6.07, 6.45) is -4.54. The second kappa shape index (κ2) is 6.29. The Balaban J connectivity index is 2.05. The van der Waals surface area contributed by atoms with Gasteiger partial charge in [-0.15, -0.1) is 0 Å². The Morgan fingerprint density at radius 3 is 2.56 bits per heavy atom. The molecule has 8 heteroatoms. The maximum atomic E-state index is 13.0. The molecule has 142 valence electrons. The topological polar surface area (TPSA) is 64.6 Å². The van der Waals surface area contributed by atoms with Crippen LogP contribution in [0.25, 0.3) is 0 Å². The van der Waals surface area contributed by atoms with Gasteiger partial charge in [0.15, 0.2) is 0 Å². The summed E-state index contributed by atoms with van der Waals surface area (Å²) >= 11 is 0. The number of benzene rings is 2. The molecule has 1 atom stereocenters. The van der Waals surface area contributed by atoms with E-state index in [1.54, 1.807) is 6.92 Å². The summed E-state index contributed by atoms with van der Waals surface area (Å²) in [5.74, 6) is -0.968. The fraction of sp³-hybridized carbons (Fsp3) is 0.263. The summed E-state index contributed by atoms with van der Waals surface area (Å²) in [4.78, 5) is 24.4. The molecule has 1 amide bonds. The number of amides is 1. The van der Waals surface area contributed by atoms with Crippen molar-refractivity contribution in [1.29, 1.82) is 0 Å². The van der Waals surface area contributed by atoms with Gasteiger partial charge in [-0.1, -0.05) is 12.1 Å². The number of fused-ring (bicyclic) bond motifs is 1. The van der Waals surface area contributed by atoms with Gasteiger partial charge in [-0.05, 0) is 43.7 Å². The Bertz CT molecular complexity index is 939. The molecule has 27 heavy (non-hydrogen) atoms. The van der Waals surface area contributed by atoms with E-state index >= 15 is 0 Å². The van der Waals surface area contributed by atoms with Crippen LogP contribution in [0.5, 0.6) is 5.75 Å². The number of nitrogens with one attached hydrogen (secondary N) is 1. The average Bonchev–Trinajstić information content (AvgIpc) is 2.61. The molecule has 2 aromatic carbocycles. The summed E-state index contributed by atoms with van der Waals surface area (Å²) in [5.41, 5.74) is -1.43. The smallest absolute Gasteiger partial charge is 0.416 e. The van der Waals surface area contributed by atoms with E-state index < -0.39 is 29.2 Å². The van der Waals surface area contributed by atoms with E-state index in [4.69, 9.17) is 9.47 Å². The first-order valence-corrected chi connectivity index (χ1v) is 7.97. The van der Waals surface area contributed by atoms with Crippen LogP contribution in [0, 0.1) is 6.92 Å². The van der Waals surface area contributed by atoms with Crippen molar-refractivity contribution >= 4 is 17.6 Å². The minimum atomic E-state index is -4.54. The van der Waals surface area contributed by atoms with Crippen LogP contribution < -0.4 is 10.1 Å². The number of carbonyl (C=O) groups excluding carboxylic acids is 2. The highest BCUT2D eigenvalue weighted by molar-refractivity contribution is 6.03. The number of esters is 1. The summed E-state index contributed by atoms with van der Waals surface area (Å²) in [7, 11) is 1.24. The molecule has 0 saturated heterocycles. The normalized spacial score (nSPS) is 19.0. The van der Waals surface area contributed by atoms with Crippen LogP contribution in [0.15, 0.2) is 36.4 Å². The summed E-state index contributed by atoms with van der Waals surface area (Å²) in [6.45, 7) is 3.05. The Morgan fingerprint density at radius 2 is 1.93 bits per heavy atom. The molecule has 2 aromatic rings. The van der Waals surface area contributed by atoms with Gasteiger partial charge < -0.3 is 14.8 Å². The monoisotopic (exact) mass is 379 g/mol. The van der Waals surface area contributed by atoms with Gasteiger partial charge in [0, 0.05) is 5.56 Å². The molecule has 0 spiro atoms. The van der Waals surface area contributed by atoms with E-state index in [0.29, 0.717) is 5.56 Å². The highest BCUT2D eigenvalue weighted by atomic mass is 19.4. The summed E-state index contributed by atoms with van der Waals surface area (Å²) < 4.78 is 49.5. The number of hydrogen-bond donors (Lipinski definition) is 1. The molecule has 0 radical (unpaired) electrons. The van der Waals surface area contributed by atoms with Gasteiger partial charge in [0.25, 0.3) is 5.91 Å². The Kier molecular flexibility index (Phi) is 4.37. The van der Waals surface area contributed by atoms with Crippen LogP contribution in [-0.2, 0) is 21.3 Å². The van der Waals surface area contributed by atoms with Crippen LogP contribution in [0.4, 0.5) is 18.9 Å². The predicted molar refractivity (Wildman–Crippen MR) is 90.6 cm³/mol. The van der Waals surface area contributed by atoms with Crippen molar-refractivity contribution in [1.82, 2.24) is 0 Å². The fourth-order valence-corrected chi connectivity index (χ4v) is 2.88. The Morgan fingerprint density at radius 1 is 1.22 bits per heavy atom. The van der Waals surface area contributed by atoms with Gasteiger partial charge >= 0.3 is 12.1 Å². The molecule has 0 aliphatic carbocycles. The lowest BCUT2D eigenvalue weighted by Gasteiger charge is -2.35. The fourth-order valence-electron chi connectivity index (χ4n) is 2.88. The van der Waals surface area contributed by atoms with Crippen LogP contribution >= 0.6 is 0 Å². The molecule has 0 aromatic heterocycles. The van der Waals surface area contributed by atoms with Crippen molar-refractivity contribution in [2.45, 2.75) is 25.6 Å². The molecule has 1 aliphatic rings. The zero-order valence-electron chi connectivity index (χ0n) is 14.7. The molecule has 3 rings (SSSR count). The lowest BCUT2D eigenvalue weighted by atomic mass is 9.91. The number of rotatable bonds is 2. The number of aryl methyl sites for hydroxylation is 1. The molecule has 1 heterocycles. The van der Waals surface area contributed by atoms with E-state index in [1.165, 1.54) is 38.3 Å². The maximum absolute atomic E-state index is 13.0. The Hall–Kier alpha value is -3.03. The number of anilines is 1. The van der Waals surface area contributed by atoms with Crippen molar-refractivity contribution in [3.05, 3.63) is 58.7 Å². The highest BCUT2D eigenvalue weighted by Crippen LogP contribution is 2.41. The van der Waals surface area contributed by atoms with E-state index in [0.717, 1.165) is 12.1 Å². The van der Waals surface area contributed by atoms with E-state index in [1.807, 2.05) is 0 Å². The van der Waals surface area contributed by atoms with Crippen molar-refractivity contribution in [2.24, 2.45) is 0 Å². The van der Waals surface area contributed by atoms with Crippen molar-refractivity contribution in [2.75, 3.05) is 12.4 Å².